The fourth-order valence-corrected chi connectivity index (χ4v) is 3.42. The number of aromatic nitrogens is 2. The molecule has 0 fully saturated rings. The first-order chi connectivity index (χ1) is 9.69. The maximum absolute atomic E-state index is 5.34. The summed E-state index contributed by atoms with van der Waals surface area (Å²) in [5, 5.41) is 5.41. The lowest BCUT2D eigenvalue weighted by Crippen LogP contribution is -2.04. The number of nitrogens with zero attached hydrogens (tertiary/aromatic N) is 2. The van der Waals surface area contributed by atoms with E-state index < -0.39 is 0 Å². The van der Waals surface area contributed by atoms with Crippen molar-refractivity contribution >= 4 is 53.8 Å². The number of nitrogens with one attached hydrogen (secondary N) is 1. The molecule has 0 aliphatic carbocycles. The van der Waals surface area contributed by atoms with Crippen LogP contribution in [0.2, 0.25) is 0 Å². The highest BCUT2D eigenvalue weighted by molar-refractivity contribution is 9.11. The molecule has 0 amide bonds. The van der Waals surface area contributed by atoms with E-state index in [-0.39, 0.29) is 0 Å². The van der Waals surface area contributed by atoms with E-state index in [2.05, 4.69) is 42.2 Å². The maximum atomic E-state index is 5.34. The highest BCUT2D eigenvalue weighted by Gasteiger charge is 2.13. The van der Waals surface area contributed by atoms with Gasteiger partial charge in [-0.3, -0.25) is 4.40 Å². The van der Waals surface area contributed by atoms with Crippen LogP contribution < -0.4 is 10.1 Å². The standard InChI is InChI=1S/C13H11Br2N3OS/c1-19-12-11(18-4-5-20-13(18)17-12)7-16-10-6-8(14)2-3-9(10)15/h2-6,16H,7H2,1H3. The zero-order valence-corrected chi connectivity index (χ0v) is 14.5. The van der Waals surface area contributed by atoms with Crippen molar-refractivity contribution in [3.8, 4) is 5.88 Å². The molecule has 0 spiro atoms. The summed E-state index contributed by atoms with van der Waals surface area (Å²) in [6, 6.07) is 6.02. The predicted molar refractivity (Wildman–Crippen MR) is 88.8 cm³/mol. The summed E-state index contributed by atoms with van der Waals surface area (Å²) in [4.78, 5) is 5.38. The van der Waals surface area contributed by atoms with Crippen molar-refractivity contribution in [2.24, 2.45) is 0 Å². The number of halogens is 2. The minimum absolute atomic E-state index is 0.635. The predicted octanol–water partition coefficient (Wildman–Crippen LogP) is 4.54. The van der Waals surface area contributed by atoms with Gasteiger partial charge < -0.3 is 10.1 Å². The van der Waals surface area contributed by atoms with Crippen LogP contribution in [0.3, 0.4) is 0 Å². The fraction of sp³-hybridized carbons (Fsp3) is 0.154. The molecule has 0 saturated heterocycles. The smallest absolute Gasteiger partial charge is 0.238 e. The largest absolute Gasteiger partial charge is 0.480 e. The van der Waals surface area contributed by atoms with Gasteiger partial charge in [0.05, 0.1) is 13.7 Å². The minimum atomic E-state index is 0.635. The lowest BCUT2D eigenvalue weighted by Gasteiger charge is -2.09. The van der Waals surface area contributed by atoms with Crippen LogP contribution in [0.1, 0.15) is 5.69 Å². The molecule has 3 rings (SSSR count). The third-order valence-corrected chi connectivity index (χ3v) is 4.83. The quantitative estimate of drug-likeness (QED) is 0.678. The molecule has 0 atom stereocenters. The van der Waals surface area contributed by atoms with Gasteiger partial charge in [0.25, 0.3) is 0 Å². The molecule has 0 saturated carbocycles. The Hall–Kier alpha value is -1.05. The third kappa shape index (κ3) is 2.57. The van der Waals surface area contributed by atoms with Crippen LogP contribution in [0.4, 0.5) is 5.69 Å². The van der Waals surface area contributed by atoms with E-state index in [1.807, 2.05) is 34.2 Å². The Balaban J connectivity index is 1.89. The number of benzene rings is 1. The van der Waals surface area contributed by atoms with Crippen molar-refractivity contribution in [3.63, 3.8) is 0 Å². The van der Waals surface area contributed by atoms with Gasteiger partial charge in [-0.15, -0.1) is 11.3 Å². The van der Waals surface area contributed by atoms with E-state index in [0.29, 0.717) is 12.4 Å². The second kappa shape index (κ2) is 5.75. The number of ether oxygens (including phenoxy) is 1. The van der Waals surface area contributed by atoms with Crippen molar-refractivity contribution in [2.45, 2.75) is 6.54 Å². The van der Waals surface area contributed by atoms with Gasteiger partial charge in [-0.25, -0.2) is 0 Å². The second-order valence-corrected chi connectivity index (χ2v) is 6.74. The van der Waals surface area contributed by atoms with Crippen LogP contribution in [0.15, 0.2) is 38.7 Å². The third-order valence-electron chi connectivity index (χ3n) is 2.89. The van der Waals surface area contributed by atoms with E-state index >= 15 is 0 Å². The lowest BCUT2D eigenvalue weighted by molar-refractivity contribution is 0.395. The van der Waals surface area contributed by atoms with Gasteiger partial charge in [-0.1, -0.05) is 15.9 Å². The monoisotopic (exact) mass is 415 g/mol. The summed E-state index contributed by atoms with van der Waals surface area (Å²) in [6.45, 7) is 0.635. The summed E-state index contributed by atoms with van der Waals surface area (Å²) in [6.07, 6.45) is 2.00. The zero-order chi connectivity index (χ0) is 14.1. The SMILES string of the molecule is COc1nc2sccn2c1CNc1cc(Br)ccc1Br. The first-order valence-electron chi connectivity index (χ1n) is 5.86. The Morgan fingerprint density at radius 3 is 3.05 bits per heavy atom. The topological polar surface area (TPSA) is 38.6 Å². The number of methoxy groups -OCH3 is 1. The average Bonchev–Trinajstić information content (AvgIpc) is 3.00. The zero-order valence-electron chi connectivity index (χ0n) is 10.6. The van der Waals surface area contributed by atoms with Gasteiger partial charge in [0, 0.05) is 26.2 Å². The van der Waals surface area contributed by atoms with E-state index in [4.69, 9.17) is 4.74 Å². The molecule has 0 aliphatic heterocycles. The molecule has 20 heavy (non-hydrogen) atoms. The molecule has 0 radical (unpaired) electrons. The fourth-order valence-electron chi connectivity index (χ4n) is 1.95. The summed E-state index contributed by atoms with van der Waals surface area (Å²) in [5.41, 5.74) is 2.03. The van der Waals surface area contributed by atoms with Gasteiger partial charge >= 0.3 is 0 Å². The van der Waals surface area contributed by atoms with Crippen molar-refractivity contribution in [1.82, 2.24) is 9.38 Å². The molecule has 7 heteroatoms. The molecule has 1 aromatic carbocycles. The second-order valence-electron chi connectivity index (χ2n) is 4.10. The maximum Gasteiger partial charge on any atom is 0.238 e. The van der Waals surface area contributed by atoms with Crippen molar-refractivity contribution in [2.75, 3.05) is 12.4 Å². The molecule has 104 valence electrons. The Labute approximate surface area is 137 Å². The van der Waals surface area contributed by atoms with Crippen molar-refractivity contribution < 1.29 is 4.74 Å². The van der Waals surface area contributed by atoms with Crippen molar-refractivity contribution in [3.05, 3.63) is 44.4 Å². The number of hydrogen-bond donors (Lipinski definition) is 1. The molecule has 0 bridgehead atoms. The molecular formula is C13H11Br2N3OS. The number of hydrogen-bond acceptors (Lipinski definition) is 4. The summed E-state index contributed by atoms with van der Waals surface area (Å²) < 4.78 is 9.44. The summed E-state index contributed by atoms with van der Waals surface area (Å²) in [7, 11) is 1.64. The van der Waals surface area contributed by atoms with Gasteiger partial charge in [0.15, 0.2) is 4.96 Å². The summed E-state index contributed by atoms with van der Waals surface area (Å²) in [5.74, 6) is 0.662. The first-order valence-corrected chi connectivity index (χ1v) is 8.33. The van der Waals surface area contributed by atoms with E-state index in [0.717, 1.165) is 25.3 Å². The Morgan fingerprint density at radius 1 is 1.40 bits per heavy atom. The Kier molecular flexibility index (Phi) is 4.00. The number of rotatable bonds is 4. The van der Waals surface area contributed by atoms with Crippen LogP contribution in [-0.2, 0) is 6.54 Å². The van der Waals surface area contributed by atoms with E-state index in [1.54, 1.807) is 18.4 Å². The first kappa shape index (κ1) is 13.9. The van der Waals surface area contributed by atoms with Gasteiger partial charge in [-0.2, -0.15) is 4.98 Å². The van der Waals surface area contributed by atoms with Gasteiger partial charge in [-0.05, 0) is 34.1 Å². The lowest BCUT2D eigenvalue weighted by atomic mass is 10.3. The van der Waals surface area contributed by atoms with Crippen LogP contribution >= 0.6 is 43.2 Å². The molecule has 2 heterocycles. The average molecular weight is 417 g/mol. The summed E-state index contributed by atoms with van der Waals surface area (Å²) >= 11 is 8.61. The number of thiazole rings is 1. The molecular weight excluding hydrogens is 406 g/mol. The Morgan fingerprint density at radius 2 is 2.25 bits per heavy atom. The van der Waals surface area contributed by atoms with Crippen LogP contribution in [0, 0.1) is 0 Å². The molecule has 2 aromatic heterocycles. The normalized spacial score (nSPS) is 10.9. The molecule has 1 N–H and O–H groups in total. The highest BCUT2D eigenvalue weighted by Crippen LogP contribution is 2.28. The van der Waals surface area contributed by atoms with Crippen molar-refractivity contribution in [1.29, 1.82) is 0 Å². The molecule has 0 unspecified atom stereocenters. The van der Waals surface area contributed by atoms with Crippen LogP contribution in [-0.4, -0.2) is 16.5 Å². The minimum Gasteiger partial charge on any atom is -0.480 e. The Bertz CT molecular complexity index is 753. The van der Waals surface area contributed by atoms with E-state index in [1.165, 1.54) is 0 Å². The number of imidazole rings is 1. The van der Waals surface area contributed by atoms with Gasteiger partial charge in [0.2, 0.25) is 5.88 Å². The molecule has 4 nitrogen and oxygen atoms in total. The molecule has 3 aromatic rings. The van der Waals surface area contributed by atoms with Crippen LogP contribution in [0.5, 0.6) is 5.88 Å². The highest BCUT2D eigenvalue weighted by atomic mass is 79.9. The van der Waals surface area contributed by atoms with Crippen LogP contribution in [0.25, 0.3) is 4.96 Å². The molecule has 0 aliphatic rings. The number of fused-ring (bicyclic) bond motifs is 1. The number of anilines is 1. The van der Waals surface area contributed by atoms with E-state index in [9.17, 15) is 0 Å². The van der Waals surface area contributed by atoms with Gasteiger partial charge in [0.1, 0.15) is 5.69 Å².